The molecule has 0 aliphatic rings. The van der Waals surface area contributed by atoms with Crippen LogP contribution in [0.3, 0.4) is 0 Å². The molecule has 4 heavy (non-hydrogen) atoms. The summed E-state index contributed by atoms with van der Waals surface area (Å²) in [5.41, 5.74) is 0. The van der Waals surface area contributed by atoms with Crippen molar-refractivity contribution in [2.75, 3.05) is 14.2 Å². The number of methoxy groups -OCH3 is 1. The van der Waals surface area contributed by atoms with Crippen LogP contribution >= 0.6 is 0 Å². The third kappa shape index (κ3) is 1130. The lowest BCUT2D eigenvalue weighted by atomic mass is 11.6. The fourth-order valence-electron chi connectivity index (χ4n) is 0. The topological polar surface area (TPSA) is 9.23 Å². The highest BCUT2D eigenvalue weighted by molar-refractivity contribution is 3.56. The Morgan fingerprint density at radius 1 is 1.25 bits per heavy atom. The molecular weight excluding hydrogens is 52.0 g/mol. The molecule has 1 nitrogen and oxygen atoms in total. The summed E-state index contributed by atoms with van der Waals surface area (Å²) in [6.07, 6.45) is 0. The summed E-state index contributed by atoms with van der Waals surface area (Å²) in [4.78, 5) is 0. The first-order valence-corrected chi connectivity index (χ1v) is 0.816. The summed E-state index contributed by atoms with van der Waals surface area (Å²) >= 11 is 0. The molecule has 0 heterocycles. The fourth-order valence-corrected chi connectivity index (χ4v) is 0. The molecule has 0 N–H and O–H groups in total. The number of hydrogen-bond donors (Lipinski definition) is 0. The van der Waals surface area contributed by atoms with E-state index in [0.29, 0.717) is 0 Å². The average Bonchev–Trinajstić information content (AvgIpc) is 0.918. The lowest BCUT2D eigenvalue weighted by Gasteiger charge is -1.61. The SMILES string of the molecule is C.COC. The van der Waals surface area contributed by atoms with Crippen molar-refractivity contribution in [3.8, 4) is 0 Å². The monoisotopic (exact) mass is 62.1 g/mol. The maximum Gasteiger partial charge on any atom is 0.0351 e. The Hall–Kier alpha value is -0.0400. The molecule has 0 bridgehead atoms. The van der Waals surface area contributed by atoms with Crippen molar-refractivity contribution in [1.82, 2.24) is 0 Å². The van der Waals surface area contributed by atoms with Crippen LogP contribution in [0.1, 0.15) is 7.43 Å². The first-order chi connectivity index (χ1) is 1.41. The molecule has 0 spiro atoms. The van der Waals surface area contributed by atoms with Gasteiger partial charge < -0.3 is 4.74 Å². The zero-order valence-corrected chi connectivity index (χ0v) is 2.41. The highest BCUT2D eigenvalue weighted by Crippen LogP contribution is 1.28. The van der Waals surface area contributed by atoms with E-state index in [4.69, 9.17) is 0 Å². The summed E-state index contributed by atoms with van der Waals surface area (Å²) in [6, 6.07) is 0. The molecule has 0 saturated carbocycles. The van der Waals surface area contributed by atoms with Gasteiger partial charge in [0.1, 0.15) is 0 Å². The smallest absolute Gasteiger partial charge is 0.0351 e. The first-order valence-electron chi connectivity index (χ1n) is 0.816. The summed E-state index contributed by atoms with van der Waals surface area (Å²) in [5.74, 6) is 0. The molecule has 0 amide bonds. The van der Waals surface area contributed by atoms with Gasteiger partial charge in [0.05, 0.1) is 0 Å². The number of hydrogen-bond acceptors (Lipinski definition) is 1. The van der Waals surface area contributed by atoms with E-state index in [1.807, 2.05) is 0 Å². The van der Waals surface area contributed by atoms with Crippen LogP contribution in [0.5, 0.6) is 0 Å². The second-order valence-corrected chi connectivity index (χ2v) is 0.408. The standard InChI is InChI=1S/C2H6O.CH4/c1-3-2;/h1-2H3;1H4. The fraction of sp³-hybridized carbons (Fsp3) is 1.00. The molecule has 0 aliphatic heterocycles. The summed E-state index contributed by atoms with van der Waals surface area (Å²) in [7, 11) is 3.25. The van der Waals surface area contributed by atoms with Crippen LogP contribution in [0.25, 0.3) is 0 Å². The summed E-state index contributed by atoms with van der Waals surface area (Å²) < 4.78 is 4.25. The van der Waals surface area contributed by atoms with E-state index in [1.165, 1.54) is 0 Å². The highest BCUT2D eigenvalue weighted by atomic mass is 16.4. The molecule has 0 radical (unpaired) electrons. The first kappa shape index (κ1) is 9.03. The molecule has 0 rings (SSSR count). The van der Waals surface area contributed by atoms with E-state index in [9.17, 15) is 0 Å². The van der Waals surface area contributed by atoms with Gasteiger partial charge in [0.25, 0.3) is 0 Å². The average molecular weight is 62.1 g/mol. The predicted molar refractivity (Wildman–Crippen MR) is 19.7 cm³/mol. The maximum absolute atomic E-state index is 4.25. The van der Waals surface area contributed by atoms with Crippen LogP contribution in [0.4, 0.5) is 0 Å². The van der Waals surface area contributed by atoms with E-state index >= 15 is 0 Å². The predicted octanol–water partition coefficient (Wildman–Crippen LogP) is 0.899. The van der Waals surface area contributed by atoms with Crippen molar-refractivity contribution in [2.45, 2.75) is 7.43 Å². The van der Waals surface area contributed by atoms with E-state index in [0.717, 1.165) is 0 Å². The van der Waals surface area contributed by atoms with Gasteiger partial charge in [0.2, 0.25) is 0 Å². The van der Waals surface area contributed by atoms with E-state index in [1.54, 1.807) is 14.2 Å². The number of rotatable bonds is 0. The van der Waals surface area contributed by atoms with Crippen molar-refractivity contribution in [3.63, 3.8) is 0 Å². The second-order valence-electron chi connectivity index (χ2n) is 0.408. The van der Waals surface area contributed by atoms with Crippen LogP contribution in [-0.2, 0) is 4.74 Å². The Kier molecular flexibility index (Phi) is 27.9. The Bertz CT molecular complexity index is 3.25. The quantitative estimate of drug-likeness (QED) is 0.405. The lowest BCUT2D eigenvalue weighted by Crippen LogP contribution is -1.55. The molecule has 0 aliphatic carbocycles. The van der Waals surface area contributed by atoms with Gasteiger partial charge >= 0.3 is 0 Å². The van der Waals surface area contributed by atoms with Crippen LogP contribution in [-0.4, -0.2) is 14.2 Å². The van der Waals surface area contributed by atoms with Crippen molar-refractivity contribution >= 4 is 0 Å². The van der Waals surface area contributed by atoms with Gasteiger partial charge in [0.15, 0.2) is 0 Å². The minimum Gasteiger partial charge on any atom is -0.388 e. The molecule has 0 unspecified atom stereocenters. The van der Waals surface area contributed by atoms with Gasteiger partial charge in [-0.1, -0.05) is 7.43 Å². The Labute approximate surface area is 27.6 Å². The normalized spacial score (nSPS) is 4.50. The maximum atomic E-state index is 4.25. The molecule has 0 aromatic carbocycles. The van der Waals surface area contributed by atoms with Crippen molar-refractivity contribution < 1.29 is 4.74 Å². The zero-order valence-electron chi connectivity index (χ0n) is 2.41. The Morgan fingerprint density at radius 2 is 1.25 bits per heavy atom. The third-order valence-electron chi connectivity index (χ3n) is 0. The van der Waals surface area contributed by atoms with E-state index in [2.05, 4.69) is 4.74 Å². The van der Waals surface area contributed by atoms with Crippen LogP contribution < -0.4 is 0 Å². The van der Waals surface area contributed by atoms with Gasteiger partial charge in [-0.25, -0.2) is 0 Å². The molecule has 28 valence electrons. The van der Waals surface area contributed by atoms with E-state index in [-0.39, 0.29) is 7.43 Å². The van der Waals surface area contributed by atoms with Gasteiger partial charge in [-0.2, -0.15) is 0 Å². The summed E-state index contributed by atoms with van der Waals surface area (Å²) in [6.45, 7) is 0. The van der Waals surface area contributed by atoms with Gasteiger partial charge in [-0.15, -0.1) is 0 Å². The number of ether oxygens (including phenoxy) is 1. The zero-order chi connectivity index (χ0) is 2.71. The molecule has 0 atom stereocenters. The Balaban J connectivity index is 0. The Morgan fingerprint density at radius 3 is 1.25 bits per heavy atom. The molecule has 0 fully saturated rings. The van der Waals surface area contributed by atoms with Crippen LogP contribution in [0, 0.1) is 0 Å². The lowest BCUT2D eigenvalue weighted by molar-refractivity contribution is 0.277. The van der Waals surface area contributed by atoms with Crippen molar-refractivity contribution in [3.05, 3.63) is 0 Å². The van der Waals surface area contributed by atoms with Gasteiger partial charge in [-0.05, 0) is 0 Å². The van der Waals surface area contributed by atoms with Crippen LogP contribution in [0.15, 0.2) is 0 Å². The third-order valence-corrected chi connectivity index (χ3v) is 0. The van der Waals surface area contributed by atoms with E-state index < -0.39 is 0 Å². The van der Waals surface area contributed by atoms with Gasteiger partial charge in [0, 0.05) is 14.2 Å². The largest absolute Gasteiger partial charge is 0.388 e. The van der Waals surface area contributed by atoms with Crippen molar-refractivity contribution in [2.24, 2.45) is 0 Å². The molecule has 0 aromatic heterocycles. The second kappa shape index (κ2) is 12.3. The van der Waals surface area contributed by atoms with Gasteiger partial charge in [-0.3, -0.25) is 0 Å². The molecular formula is C3H10O. The molecule has 0 aromatic rings. The van der Waals surface area contributed by atoms with Crippen LogP contribution in [0.2, 0.25) is 0 Å². The minimum absolute atomic E-state index is 0. The molecule has 0 saturated heterocycles. The highest BCUT2D eigenvalue weighted by Gasteiger charge is 1.25. The minimum atomic E-state index is 0. The van der Waals surface area contributed by atoms with Crippen molar-refractivity contribution in [1.29, 1.82) is 0 Å². The molecule has 1 heteroatoms. The summed E-state index contributed by atoms with van der Waals surface area (Å²) in [5, 5.41) is 0.